The lowest BCUT2D eigenvalue weighted by Crippen LogP contribution is -2.03. The highest BCUT2D eigenvalue weighted by atomic mass is 32.2. The molecule has 0 saturated heterocycles. The van der Waals surface area contributed by atoms with Crippen molar-refractivity contribution in [1.29, 1.82) is 0 Å². The summed E-state index contributed by atoms with van der Waals surface area (Å²) in [5.74, 6) is 3.65. The quantitative estimate of drug-likeness (QED) is 0.877. The minimum absolute atomic E-state index is 0.236. The molecule has 1 atom stereocenters. The van der Waals surface area contributed by atoms with E-state index >= 15 is 0 Å². The van der Waals surface area contributed by atoms with Gasteiger partial charge in [0.2, 0.25) is 5.89 Å². The molecule has 0 aliphatic heterocycles. The van der Waals surface area contributed by atoms with Gasteiger partial charge < -0.3 is 9.52 Å². The first-order valence-electron chi connectivity index (χ1n) is 6.41. The van der Waals surface area contributed by atoms with Crippen LogP contribution >= 0.6 is 11.8 Å². The Morgan fingerprint density at radius 2 is 2.05 bits per heavy atom. The van der Waals surface area contributed by atoms with E-state index in [1.165, 1.54) is 0 Å². The summed E-state index contributed by atoms with van der Waals surface area (Å²) in [6.07, 6.45) is 0. The van der Waals surface area contributed by atoms with Crippen LogP contribution in [0, 0.1) is 12.8 Å². The molecule has 0 amide bonds. The Balaban J connectivity index is 2.01. The Hall–Kier alpha value is -1.26. The normalized spacial score (nSPS) is 12.6. The molecule has 0 spiro atoms. The molecule has 2 aromatic rings. The van der Waals surface area contributed by atoms with Crippen LogP contribution in [0.1, 0.15) is 18.4 Å². The van der Waals surface area contributed by atoms with Gasteiger partial charge in [-0.05, 0) is 30.7 Å². The van der Waals surface area contributed by atoms with E-state index in [0.29, 0.717) is 11.8 Å². The molecule has 0 saturated carbocycles. The number of hydrogen-bond donors (Lipinski definition) is 1. The van der Waals surface area contributed by atoms with E-state index in [9.17, 15) is 0 Å². The van der Waals surface area contributed by atoms with E-state index in [4.69, 9.17) is 9.52 Å². The highest BCUT2D eigenvalue weighted by molar-refractivity contribution is 7.98. The Morgan fingerprint density at radius 3 is 2.74 bits per heavy atom. The van der Waals surface area contributed by atoms with Crippen molar-refractivity contribution in [3.63, 3.8) is 0 Å². The van der Waals surface area contributed by atoms with Crippen molar-refractivity contribution in [2.24, 2.45) is 5.92 Å². The summed E-state index contributed by atoms with van der Waals surface area (Å²) in [4.78, 5) is 4.55. The second-order valence-electron chi connectivity index (χ2n) is 4.69. The topological polar surface area (TPSA) is 46.3 Å². The maximum Gasteiger partial charge on any atom is 0.226 e. The lowest BCUT2D eigenvalue weighted by molar-refractivity contribution is 0.250. The van der Waals surface area contributed by atoms with E-state index in [1.807, 2.05) is 44.2 Å². The summed E-state index contributed by atoms with van der Waals surface area (Å²) in [6.45, 7) is 4.23. The SMILES string of the molecule is Cc1oc(-c2ccccc2)nc1CSC[C@@H](C)CO. The minimum Gasteiger partial charge on any atom is -0.441 e. The molecule has 0 bridgehead atoms. The number of aryl methyl sites for hydroxylation is 1. The number of aliphatic hydroxyl groups is 1. The third-order valence-electron chi connectivity index (χ3n) is 2.87. The second kappa shape index (κ2) is 6.78. The first kappa shape index (κ1) is 14.2. The predicted molar refractivity (Wildman–Crippen MR) is 79.1 cm³/mol. The van der Waals surface area contributed by atoms with E-state index in [0.717, 1.165) is 28.5 Å². The number of rotatable bonds is 6. The molecule has 2 rings (SSSR count). The third kappa shape index (κ3) is 3.85. The van der Waals surface area contributed by atoms with Gasteiger partial charge in [-0.3, -0.25) is 0 Å². The third-order valence-corrected chi connectivity index (χ3v) is 4.15. The molecular weight excluding hydrogens is 258 g/mol. The molecule has 0 fully saturated rings. The Labute approximate surface area is 118 Å². The summed E-state index contributed by atoms with van der Waals surface area (Å²) in [7, 11) is 0. The summed E-state index contributed by atoms with van der Waals surface area (Å²) in [5, 5.41) is 8.99. The molecule has 1 aromatic heterocycles. The molecule has 0 radical (unpaired) electrons. The van der Waals surface area contributed by atoms with Crippen LogP contribution in [-0.2, 0) is 5.75 Å². The largest absolute Gasteiger partial charge is 0.441 e. The van der Waals surface area contributed by atoms with Gasteiger partial charge in [-0.15, -0.1) is 0 Å². The number of hydrogen-bond acceptors (Lipinski definition) is 4. The van der Waals surface area contributed by atoms with Crippen molar-refractivity contribution in [2.45, 2.75) is 19.6 Å². The fourth-order valence-electron chi connectivity index (χ4n) is 1.68. The van der Waals surface area contributed by atoms with Crippen molar-refractivity contribution < 1.29 is 9.52 Å². The molecule has 0 unspecified atom stereocenters. The van der Waals surface area contributed by atoms with Crippen LogP contribution in [0.4, 0.5) is 0 Å². The van der Waals surface area contributed by atoms with Crippen LogP contribution < -0.4 is 0 Å². The first-order chi connectivity index (χ1) is 9.20. The molecule has 102 valence electrons. The van der Waals surface area contributed by atoms with Crippen molar-refractivity contribution in [3.05, 3.63) is 41.8 Å². The van der Waals surface area contributed by atoms with Crippen LogP contribution in [-0.4, -0.2) is 22.5 Å². The van der Waals surface area contributed by atoms with Crippen LogP contribution in [0.3, 0.4) is 0 Å². The summed E-state index contributed by atoms with van der Waals surface area (Å²) in [5.41, 5.74) is 2.00. The van der Waals surface area contributed by atoms with Gasteiger partial charge in [0, 0.05) is 17.9 Å². The smallest absolute Gasteiger partial charge is 0.226 e. The highest BCUT2D eigenvalue weighted by Crippen LogP contribution is 2.24. The van der Waals surface area contributed by atoms with Crippen molar-refractivity contribution in [2.75, 3.05) is 12.4 Å². The fourth-order valence-corrected chi connectivity index (χ4v) is 2.76. The highest BCUT2D eigenvalue weighted by Gasteiger charge is 2.11. The van der Waals surface area contributed by atoms with E-state index in [2.05, 4.69) is 4.98 Å². The lowest BCUT2D eigenvalue weighted by atomic mass is 10.2. The predicted octanol–water partition coefficient (Wildman–Crippen LogP) is 3.51. The van der Waals surface area contributed by atoms with Gasteiger partial charge in [0.05, 0.1) is 5.69 Å². The average molecular weight is 277 g/mol. The number of aliphatic hydroxyl groups excluding tert-OH is 1. The number of nitrogens with zero attached hydrogens (tertiary/aromatic N) is 1. The van der Waals surface area contributed by atoms with Gasteiger partial charge in [-0.25, -0.2) is 4.98 Å². The first-order valence-corrected chi connectivity index (χ1v) is 7.56. The summed E-state index contributed by atoms with van der Waals surface area (Å²) in [6, 6.07) is 9.93. The van der Waals surface area contributed by atoms with Gasteiger partial charge in [0.1, 0.15) is 5.76 Å². The van der Waals surface area contributed by atoms with Gasteiger partial charge >= 0.3 is 0 Å². The molecule has 19 heavy (non-hydrogen) atoms. The lowest BCUT2D eigenvalue weighted by Gasteiger charge is -2.05. The fraction of sp³-hybridized carbons (Fsp3) is 0.400. The number of benzene rings is 1. The molecule has 1 heterocycles. The molecule has 0 aliphatic carbocycles. The second-order valence-corrected chi connectivity index (χ2v) is 5.72. The Bertz CT molecular complexity index is 510. The standard InChI is InChI=1S/C15H19NO2S/c1-11(8-17)9-19-10-14-12(2)18-15(16-14)13-6-4-3-5-7-13/h3-7,11,17H,8-10H2,1-2H3/t11-/m0/s1. The van der Waals surface area contributed by atoms with Gasteiger partial charge in [-0.2, -0.15) is 11.8 Å². The van der Waals surface area contributed by atoms with Crippen LogP contribution in [0.2, 0.25) is 0 Å². The van der Waals surface area contributed by atoms with Crippen LogP contribution in [0.5, 0.6) is 0 Å². The molecule has 1 N–H and O–H groups in total. The van der Waals surface area contributed by atoms with Crippen LogP contribution in [0.25, 0.3) is 11.5 Å². The summed E-state index contributed by atoms with van der Waals surface area (Å²) < 4.78 is 5.71. The number of oxazole rings is 1. The maximum atomic E-state index is 8.99. The zero-order chi connectivity index (χ0) is 13.7. The zero-order valence-electron chi connectivity index (χ0n) is 11.3. The Kier molecular flexibility index (Phi) is 5.05. The van der Waals surface area contributed by atoms with Gasteiger partial charge in [-0.1, -0.05) is 25.1 Å². The molecular formula is C15H19NO2S. The zero-order valence-corrected chi connectivity index (χ0v) is 12.1. The van der Waals surface area contributed by atoms with E-state index in [-0.39, 0.29) is 6.61 Å². The van der Waals surface area contributed by atoms with Gasteiger partial charge in [0.15, 0.2) is 0 Å². The van der Waals surface area contributed by atoms with E-state index < -0.39 is 0 Å². The maximum absolute atomic E-state index is 8.99. The summed E-state index contributed by atoms with van der Waals surface area (Å²) >= 11 is 1.78. The van der Waals surface area contributed by atoms with E-state index in [1.54, 1.807) is 11.8 Å². The monoisotopic (exact) mass is 277 g/mol. The number of thioether (sulfide) groups is 1. The minimum atomic E-state index is 0.236. The molecule has 0 aliphatic rings. The number of aromatic nitrogens is 1. The molecule has 1 aromatic carbocycles. The van der Waals surface area contributed by atoms with Gasteiger partial charge in [0.25, 0.3) is 0 Å². The average Bonchev–Trinajstić information content (AvgIpc) is 2.81. The van der Waals surface area contributed by atoms with Crippen LogP contribution in [0.15, 0.2) is 34.7 Å². The Morgan fingerprint density at radius 1 is 1.32 bits per heavy atom. The molecule has 4 heteroatoms. The van der Waals surface area contributed by atoms with Crippen molar-refractivity contribution >= 4 is 11.8 Å². The van der Waals surface area contributed by atoms with Crippen molar-refractivity contribution in [1.82, 2.24) is 4.98 Å². The molecule has 3 nitrogen and oxygen atoms in total. The van der Waals surface area contributed by atoms with Crippen molar-refractivity contribution in [3.8, 4) is 11.5 Å².